The summed E-state index contributed by atoms with van der Waals surface area (Å²) in [5.74, 6) is 0.118. The van der Waals surface area contributed by atoms with E-state index in [9.17, 15) is 4.79 Å². The van der Waals surface area contributed by atoms with E-state index in [1.807, 2.05) is 37.3 Å². The van der Waals surface area contributed by atoms with Crippen LogP contribution in [-0.2, 0) is 9.53 Å². The lowest BCUT2D eigenvalue weighted by atomic mass is 10.1. The van der Waals surface area contributed by atoms with Crippen LogP contribution < -0.4 is 5.32 Å². The van der Waals surface area contributed by atoms with Gasteiger partial charge in [-0.25, -0.2) is 4.98 Å². The van der Waals surface area contributed by atoms with E-state index in [4.69, 9.17) is 27.9 Å². The number of hydrogen-bond acceptors (Lipinski definition) is 3. The second-order valence-electron chi connectivity index (χ2n) is 5.38. The summed E-state index contributed by atoms with van der Waals surface area (Å²) in [5, 5.41) is 4.68. The Labute approximate surface area is 155 Å². The molecule has 0 aliphatic heterocycles. The van der Waals surface area contributed by atoms with Crippen LogP contribution in [0, 0.1) is 0 Å². The van der Waals surface area contributed by atoms with Crippen molar-refractivity contribution in [3.8, 4) is 0 Å². The molecule has 0 saturated carbocycles. The number of carbonyl (C=O) groups is 1. The van der Waals surface area contributed by atoms with Crippen molar-refractivity contribution >= 4 is 45.8 Å². The van der Waals surface area contributed by atoms with Crippen LogP contribution in [0.3, 0.4) is 0 Å². The first kappa shape index (κ1) is 17.7. The van der Waals surface area contributed by atoms with E-state index in [0.29, 0.717) is 28.0 Å². The molecule has 0 saturated heterocycles. The summed E-state index contributed by atoms with van der Waals surface area (Å²) >= 11 is 12.2. The van der Waals surface area contributed by atoms with Crippen molar-refractivity contribution in [1.29, 1.82) is 0 Å². The number of nitrogens with zero attached hydrogens (tertiary/aromatic N) is 1. The third-order valence-electron chi connectivity index (χ3n) is 3.67. The number of ether oxygens (including phenoxy) is 1. The number of pyridine rings is 1. The summed E-state index contributed by atoms with van der Waals surface area (Å²) in [6.07, 6.45) is -0.844. The highest BCUT2D eigenvalue weighted by atomic mass is 35.5. The van der Waals surface area contributed by atoms with E-state index in [-0.39, 0.29) is 5.91 Å². The number of nitrogens with one attached hydrogen (secondary N) is 1. The molecule has 0 spiro atoms. The normalized spacial score (nSPS) is 12.1. The monoisotopic (exact) mass is 374 g/mol. The first-order valence-corrected chi connectivity index (χ1v) is 8.57. The molecular formula is C19H16Cl2N2O2. The third-order valence-corrected chi connectivity index (χ3v) is 4.23. The van der Waals surface area contributed by atoms with Gasteiger partial charge in [-0.2, -0.15) is 0 Å². The average Bonchev–Trinajstić information content (AvgIpc) is 2.60. The fourth-order valence-corrected chi connectivity index (χ4v) is 3.02. The highest BCUT2D eigenvalue weighted by Crippen LogP contribution is 2.29. The first-order valence-electron chi connectivity index (χ1n) is 7.81. The molecule has 3 aromatic rings. The SMILES string of the molecule is CCOC(C(=O)Nc1ccc2ccccc2n1)c1ccc(Cl)cc1Cl. The molecule has 0 aliphatic carbocycles. The number of carbonyl (C=O) groups excluding carboxylic acids is 1. The van der Waals surface area contributed by atoms with Crippen LogP contribution in [0.2, 0.25) is 10.0 Å². The Hall–Kier alpha value is -2.14. The van der Waals surface area contributed by atoms with Crippen LogP contribution in [0.4, 0.5) is 5.82 Å². The first-order chi connectivity index (χ1) is 12.1. The smallest absolute Gasteiger partial charge is 0.259 e. The van der Waals surface area contributed by atoms with Crippen molar-refractivity contribution in [2.24, 2.45) is 0 Å². The second-order valence-corrected chi connectivity index (χ2v) is 6.22. The van der Waals surface area contributed by atoms with Crippen LogP contribution in [0.5, 0.6) is 0 Å². The number of halogens is 2. The highest BCUT2D eigenvalue weighted by molar-refractivity contribution is 6.35. The molecule has 1 amide bonds. The summed E-state index contributed by atoms with van der Waals surface area (Å²) in [5.41, 5.74) is 1.36. The maximum atomic E-state index is 12.7. The molecule has 0 bridgehead atoms. The lowest BCUT2D eigenvalue weighted by Crippen LogP contribution is -2.24. The molecule has 1 aromatic heterocycles. The van der Waals surface area contributed by atoms with E-state index in [0.717, 1.165) is 10.9 Å². The summed E-state index contributed by atoms with van der Waals surface area (Å²) < 4.78 is 5.60. The number of para-hydroxylation sites is 1. The second kappa shape index (κ2) is 7.83. The van der Waals surface area contributed by atoms with E-state index in [2.05, 4.69) is 10.3 Å². The minimum absolute atomic E-state index is 0.339. The number of amides is 1. The van der Waals surface area contributed by atoms with Gasteiger partial charge in [0.05, 0.1) is 5.52 Å². The molecule has 0 aliphatic rings. The minimum Gasteiger partial charge on any atom is -0.364 e. The number of aromatic nitrogens is 1. The van der Waals surface area contributed by atoms with Gasteiger partial charge >= 0.3 is 0 Å². The number of benzene rings is 2. The van der Waals surface area contributed by atoms with Gasteiger partial charge < -0.3 is 10.1 Å². The van der Waals surface area contributed by atoms with Crippen LogP contribution in [0.1, 0.15) is 18.6 Å². The number of hydrogen-bond donors (Lipinski definition) is 1. The topological polar surface area (TPSA) is 51.2 Å². The molecule has 1 atom stereocenters. The van der Waals surface area contributed by atoms with Gasteiger partial charge in [-0.15, -0.1) is 0 Å². The van der Waals surface area contributed by atoms with Gasteiger partial charge in [-0.3, -0.25) is 4.79 Å². The summed E-state index contributed by atoms with van der Waals surface area (Å²) in [6, 6.07) is 16.3. The molecule has 4 nitrogen and oxygen atoms in total. The Kier molecular flexibility index (Phi) is 5.53. The van der Waals surface area contributed by atoms with Crippen LogP contribution in [0.25, 0.3) is 10.9 Å². The van der Waals surface area contributed by atoms with Gasteiger partial charge in [-0.05, 0) is 37.3 Å². The standard InChI is InChI=1S/C19H16Cl2N2O2/c1-2-25-18(14-9-8-13(20)11-15(14)21)19(24)23-17-10-7-12-5-3-4-6-16(12)22-17/h3-11,18H,2H2,1H3,(H,22,23,24). The Morgan fingerprint density at radius 1 is 1.16 bits per heavy atom. The number of fused-ring (bicyclic) bond motifs is 1. The van der Waals surface area contributed by atoms with Crippen molar-refractivity contribution < 1.29 is 9.53 Å². The molecule has 0 radical (unpaired) electrons. The molecular weight excluding hydrogens is 359 g/mol. The Morgan fingerprint density at radius 2 is 1.96 bits per heavy atom. The van der Waals surface area contributed by atoms with E-state index < -0.39 is 6.10 Å². The van der Waals surface area contributed by atoms with Crippen molar-refractivity contribution in [3.05, 3.63) is 70.2 Å². The summed E-state index contributed by atoms with van der Waals surface area (Å²) in [7, 11) is 0. The molecule has 25 heavy (non-hydrogen) atoms. The summed E-state index contributed by atoms with van der Waals surface area (Å²) in [6.45, 7) is 2.18. The van der Waals surface area contributed by atoms with Gasteiger partial charge in [0.25, 0.3) is 5.91 Å². The number of rotatable bonds is 5. The van der Waals surface area contributed by atoms with Gasteiger partial charge in [0, 0.05) is 27.6 Å². The highest BCUT2D eigenvalue weighted by Gasteiger charge is 2.24. The molecule has 3 rings (SSSR count). The van der Waals surface area contributed by atoms with Gasteiger partial charge in [0.1, 0.15) is 5.82 Å². The van der Waals surface area contributed by atoms with Gasteiger partial charge in [0.2, 0.25) is 0 Å². The fraction of sp³-hybridized carbons (Fsp3) is 0.158. The maximum absolute atomic E-state index is 12.7. The van der Waals surface area contributed by atoms with Crippen molar-refractivity contribution in [2.45, 2.75) is 13.0 Å². The molecule has 6 heteroatoms. The van der Waals surface area contributed by atoms with Gasteiger partial charge in [0.15, 0.2) is 6.10 Å². The zero-order valence-electron chi connectivity index (χ0n) is 13.5. The van der Waals surface area contributed by atoms with Crippen molar-refractivity contribution in [2.75, 3.05) is 11.9 Å². The molecule has 1 N–H and O–H groups in total. The van der Waals surface area contributed by atoms with Crippen molar-refractivity contribution in [1.82, 2.24) is 4.98 Å². The Morgan fingerprint density at radius 3 is 2.72 bits per heavy atom. The Balaban J connectivity index is 1.86. The predicted molar refractivity (Wildman–Crippen MR) is 101 cm³/mol. The zero-order chi connectivity index (χ0) is 17.8. The lowest BCUT2D eigenvalue weighted by molar-refractivity contribution is -0.127. The lowest BCUT2D eigenvalue weighted by Gasteiger charge is -2.18. The van der Waals surface area contributed by atoms with Gasteiger partial charge in [-0.1, -0.05) is 47.5 Å². The van der Waals surface area contributed by atoms with Crippen LogP contribution in [0.15, 0.2) is 54.6 Å². The van der Waals surface area contributed by atoms with Crippen molar-refractivity contribution in [3.63, 3.8) is 0 Å². The minimum atomic E-state index is -0.844. The fourth-order valence-electron chi connectivity index (χ4n) is 2.51. The summed E-state index contributed by atoms with van der Waals surface area (Å²) in [4.78, 5) is 17.2. The molecule has 2 aromatic carbocycles. The molecule has 1 unspecified atom stereocenters. The van der Waals surface area contributed by atoms with Crippen LogP contribution in [-0.4, -0.2) is 17.5 Å². The maximum Gasteiger partial charge on any atom is 0.259 e. The molecule has 1 heterocycles. The Bertz CT molecular complexity index is 915. The van der Waals surface area contributed by atoms with E-state index in [1.165, 1.54) is 0 Å². The molecule has 128 valence electrons. The van der Waals surface area contributed by atoms with E-state index >= 15 is 0 Å². The predicted octanol–water partition coefficient (Wildman–Crippen LogP) is 5.26. The number of anilines is 1. The van der Waals surface area contributed by atoms with E-state index in [1.54, 1.807) is 24.3 Å². The van der Waals surface area contributed by atoms with Crippen LogP contribution >= 0.6 is 23.2 Å². The largest absolute Gasteiger partial charge is 0.364 e. The third kappa shape index (κ3) is 4.10. The molecule has 0 fully saturated rings. The quantitative estimate of drug-likeness (QED) is 0.662. The zero-order valence-corrected chi connectivity index (χ0v) is 15.0. The average molecular weight is 375 g/mol.